The third-order valence-electron chi connectivity index (χ3n) is 3.07. The van der Waals surface area contributed by atoms with Gasteiger partial charge in [0.05, 0.1) is 0 Å². The number of hydrogen-bond acceptors (Lipinski definition) is 3. The topological polar surface area (TPSA) is 71.4 Å². The van der Waals surface area contributed by atoms with Crippen LogP contribution in [0.4, 0.5) is 0 Å². The molecule has 0 amide bonds. The van der Waals surface area contributed by atoms with Crippen LogP contribution < -0.4 is 0 Å². The van der Waals surface area contributed by atoms with Gasteiger partial charge in [0.15, 0.2) is 14.6 Å². The molecule has 1 rings (SSSR count). The van der Waals surface area contributed by atoms with Crippen molar-refractivity contribution in [2.24, 2.45) is 0 Å². The van der Waals surface area contributed by atoms with Crippen molar-refractivity contribution in [2.75, 3.05) is 6.26 Å². The van der Waals surface area contributed by atoms with Crippen molar-refractivity contribution < 1.29 is 18.3 Å². The van der Waals surface area contributed by atoms with Gasteiger partial charge in [-0.25, -0.2) is 8.42 Å². The molecule has 0 fully saturated rings. The van der Waals surface area contributed by atoms with Crippen LogP contribution in [0.3, 0.4) is 0 Å². The zero-order valence-electron chi connectivity index (χ0n) is 10.2. The van der Waals surface area contributed by atoms with Crippen molar-refractivity contribution in [1.82, 2.24) is 0 Å². The Morgan fingerprint density at radius 3 is 2.22 bits per heavy atom. The van der Waals surface area contributed by atoms with Crippen LogP contribution in [0.25, 0.3) is 0 Å². The number of benzene rings is 1. The molecule has 0 saturated heterocycles. The molecule has 0 bridgehead atoms. The molecule has 4 nitrogen and oxygen atoms in total. The highest BCUT2D eigenvalue weighted by atomic mass is 79.9. The van der Waals surface area contributed by atoms with Crippen LogP contribution in [-0.2, 0) is 21.1 Å². The average molecular weight is 335 g/mol. The number of halogens is 1. The number of carbonyl (C=O) groups is 1. The van der Waals surface area contributed by atoms with Gasteiger partial charge in [0.25, 0.3) is 0 Å². The largest absolute Gasteiger partial charge is 0.480 e. The second-order valence-corrected chi connectivity index (χ2v) is 7.80. The Balaban J connectivity index is 2.88. The van der Waals surface area contributed by atoms with Gasteiger partial charge in [-0.3, -0.25) is 4.79 Å². The van der Waals surface area contributed by atoms with E-state index in [-0.39, 0.29) is 6.42 Å². The summed E-state index contributed by atoms with van der Waals surface area (Å²) < 4.78 is 22.4. The highest BCUT2D eigenvalue weighted by Crippen LogP contribution is 2.24. The molecule has 0 unspecified atom stereocenters. The fraction of sp³-hybridized carbons (Fsp3) is 0.417. The smallest absolute Gasteiger partial charge is 0.324 e. The normalized spacial score (nSPS) is 15.1. The molecule has 0 radical (unpaired) electrons. The number of aliphatic carboxylic acids is 1. The predicted molar refractivity (Wildman–Crippen MR) is 73.3 cm³/mol. The van der Waals surface area contributed by atoms with E-state index >= 15 is 0 Å². The van der Waals surface area contributed by atoms with E-state index in [9.17, 15) is 13.2 Å². The fourth-order valence-corrected chi connectivity index (χ4v) is 2.54. The number of hydrogen-bond donors (Lipinski definition) is 1. The van der Waals surface area contributed by atoms with E-state index in [1.54, 1.807) is 0 Å². The first-order valence-electron chi connectivity index (χ1n) is 5.34. The van der Waals surface area contributed by atoms with E-state index in [1.807, 2.05) is 24.3 Å². The second kappa shape index (κ2) is 5.40. The third kappa shape index (κ3) is 3.32. The number of rotatable bonds is 5. The molecule has 1 N–H and O–H groups in total. The zero-order chi connectivity index (χ0) is 14.0. The monoisotopic (exact) mass is 334 g/mol. The Bertz CT molecular complexity index is 536. The fourth-order valence-electron chi connectivity index (χ4n) is 1.48. The first-order chi connectivity index (χ1) is 8.17. The molecular formula is C12H15BrO4S. The van der Waals surface area contributed by atoms with E-state index in [0.29, 0.717) is 6.42 Å². The lowest BCUT2D eigenvalue weighted by molar-refractivity contribution is -0.139. The van der Waals surface area contributed by atoms with Gasteiger partial charge >= 0.3 is 5.97 Å². The van der Waals surface area contributed by atoms with Gasteiger partial charge in [-0.05, 0) is 37.5 Å². The maximum atomic E-state index is 11.6. The van der Waals surface area contributed by atoms with E-state index in [2.05, 4.69) is 15.9 Å². The Morgan fingerprint density at radius 2 is 1.83 bits per heavy atom. The van der Waals surface area contributed by atoms with Gasteiger partial charge in [-0.15, -0.1) is 0 Å². The minimum atomic E-state index is -3.65. The highest BCUT2D eigenvalue weighted by Gasteiger charge is 2.43. The molecule has 0 saturated carbocycles. The minimum Gasteiger partial charge on any atom is -0.480 e. The summed E-state index contributed by atoms with van der Waals surface area (Å²) >= 11 is 3.30. The standard InChI is InChI=1S/C12H15BrO4S/c1-12(11(14)15,18(2,16)17)8-7-9-3-5-10(13)6-4-9/h3-6H,7-8H2,1-2H3,(H,14,15)/t12-/m1/s1. The molecule has 6 heteroatoms. The molecule has 100 valence electrons. The molecule has 0 spiro atoms. The lowest BCUT2D eigenvalue weighted by Gasteiger charge is -2.22. The quantitative estimate of drug-likeness (QED) is 0.896. The van der Waals surface area contributed by atoms with E-state index in [1.165, 1.54) is 6.92 Å². The average Bonchev–Trinajstić information content (AvgIpc) is 2.26. The van der Waals surface area contributed by atoms with Gasteiger partial charge in [0, 0.05) is 10.7 Å². The maximum Gasteiger partial charge on any atom is 0.324 e. The maximum absolute atomic E-state index is 11.6. The van der Waals surface area contributed by atoms with Crippen molar-refractivity contribution in [3.63, 3.8) is 0 Å². The molecule has 0 aromatic heterocycles. The van der Waals surface area contributed by atoms with Gasteiger partial charge < -0.3 is 5.11 Å². The molecule has 1 aromatic rings. The SMILES string of the molecule is C[C@@](CCc1ccc(Br)cc1)(C(=O)O)S(C)(=O)=O. The third-order valence-corrected chi connectivity index (χ3v) is 5.62. The van der Waals surface area contributed by atoms with Crippen LogP contribution >= 0.6 is 15.9 Å². The molecule has 0 aliphatic rings. The number of carboxylic acids is 1. The lowest BCUT2D eigenvalue weighted by Crippen LogP contribution is -2.43. The van der Waals surface area contributed by atoms with E-state index in [0.717, 1.165) is 16.3 Å². The summed E-state index contributed by atoms with van der Waals surface area (Å²) in [5.74, 6) is -1.30. The van der Waals surface area contributed by atoms with Crippen LogP contribution in [-0.4, -0.2) is 30.5 Å². The first kappa shape index (κ1) is 15.2. The van der Waals surface area contributed by atoms with Crippen molar-refractivity contribution in [3.8, 4) is 0 Å². The second-order valence-electron chi connectivity index (χ2n) is 4.43. The summed E-state index contributed by atoms with van der Waals surface area (Å²) in [6.45, 7) is 1.25. The number of aryl methyl sites for hydroxylation is 1. The molecule has 0 heterocycles. The zero-order valence-corrected chi connectivity index (χ0v) is 12.6. The van der Waals surface area contributed by atoms with Crippen molar-refractivity contribution in [3.05, 3.63) is 34.3 Å². The summed E-state index contributed by atoms with van der Waals surface area (Å²) in [6.07, 6.45) is 1.43. The van der Waals surface area contributed by atoms with Crippen LogP contribution in [0.5, 0.6) is 0 Å². The molecule has 18 heavy (non-hydrogen) atoms. The summed E-state index contributed by atoms with van der Waals surface area (Å²) in [7, 11) is -3.65. The Kier molecular flexibility index (Phi) is 4.55. The van der Waals surface area contributed by atoms with Gasteiger partial charge in [0.2, 0.25) is 0 Å². The van der Waals surface area contributed by atoms with Gasteiger partial charge in [-0.1, -0.05) is 28.1 Å². The van der Waals surface area contributed by atoms with Crippen LogP contribution in [0, 0.1) is 0 Å². The summed E-state index contributed by atoms with van der Waals surface area (Å²) in [5.41, 5.74) is 0.911. The molecule has 0 aliphatic carbocycles. The van der Waals surface area contributed by atoms with Crippen molar-refractivity contribution in [2.45, 2.75) is 24.5 Å². The summed E-state index contributed by atoms with van der Waals surface area (Å²) in [6, 6.07) is 7.37. The molecule has 0 aliphatic heterocycles. The Hall–Kier alpha value is -0.880. The summed E-state index contributed by atoms with van der Waals surface area (Å²) in [5, 5.41) is 9.10. The van der Waals surface area contributed by atoms with Crippen molar-refractivity contribution in [1.29, 1.82) is 0 Å². The van der Waals surface area contributed by atoms with Gasteiger partial charge in [0.1, 0.15) is 0 Å². The number of sulfone groups is 1. The lowest BCUT2D eigenvalue weighted by atomic mass is 10.0. The van der Waals surface area contributed by atoms with Crippen LogP contribution in [0.15, 0.2) is 28.7 Å². The van der Waals surface area contributed by atoms with Crippen LogP contribution in [0.2, 0.25) is 0 Å². The summed E-state index contributed by atoms with van der Waals surface area (Å²) in [4.78, 5) is 11.2. The predicted octanol–water partition coefficient (Wildman–Crippen LogP) is 2.27. The minimum absolute atomic E-state index is 0.0583. The van der Waals surface area contributed by atoms with Crippen molar-refractivity contribution >= 4 is 31.7 Å². The number of carboxylic acid groups (broad SMARTS) is 1. The van der Waals surface area contributed by atoms with E-state index < -0.39 is 20.6 Å². The van der Waals surface area contributed by atoms with Crippen LogP contribution in [0.1, 0.15) is 18.9 Å². The van der Waals surface area contributed by atoms with Gasteiger partial charge in [-0.2, -0.15) is 0 Å². The Morgan fingerprint density at radius 1 is 1.33 bits per heavy atom. The Labute approximate surface area is 115 Å². The van der Waals surface area contributed by atoms with E-state index in [4.69, 9.17) is 5.11 Å². The molecular weight excluding hydrogens is 320 g/mol. The molecule has 1 aromatic carbocycles. The molecule has 1 atom stereocenters. The first-order valence-corrected chi connectivity index (χ1v) is 8.03. The highest BCUT2D eigenvalue weighted by molar-refractivity contribution is 9.10.